The summed E-state index contributed by atoms with van der Waals surface area (Å²) in [6.07, 6.45) is -7.65. The molecule has 4 aliphatic rings. The molecule has 5 amide bonds. The summed E-state index contributed by atoms with van der Waals surface area (Å²) in [5, 5.41) is 5.11. The maximum absolute atomic E-state index is 14.2. The molecule has 2 N–H and O–H groups in total. The van der Waals surface area contributed by atoms with Crippen molar-refractivity contribution in [3.05, 3.63) is 93.5 Å². The highest BCUT2D eigenvalue weighted by Gasteiger charge is 2.46. The van der Waals surface area contributed by atoms with E-state index in [9.17, 15) is 41.9 Å². The van der Waals surface area contributed by atoms with Crippen LogP contribution in [0.3, 0.4) is 0 Å². The summed E-state index contributed by atoms with van der Waals surface area (Å²) in [4.78, 5) is 84.0. The molecule has 7 rings (SSSR count). The Labute approximate surface area is 334 Å². The number of carbonyl (C=O) groups excluding carboxylic acids is 6. The molecular formula is C38H36Cl2F3N5O9. The Hall–Kier alpha value is -5.55. The third kappa shape index (κ3) is 9.53. The van der Waals surface area contributed by atoms with Crippen LogP contribution in [0.5, 0.6) is 5.75 Å². The number of alkyl halides is 3. The second-order valence-electron chi connectivity index (χ2n) is 13.5. The monoisotopic (exact) mass is 833 g/mol. The predicted molar refractivity (Wildman–Crippen MR) is 198 cm³/mol. The zero-order valence-electron chi connectivity index (χ0n) is 30.2. The van der Waals surface area contributed by atoms with Gasteiger partial charge in [0.1, 0.15) is 31.0 Å². The summed E-state index contributed by atoms with van der Waals surface area (Å²) in [5.41, 5.74) is -1.25. The van der Waals surface area contributed by atoms with Crippen LogP contribution in [0.1, 0.15) is 45.5 Å². The summed E-state index contributed by atoms with van der Waals surface area (Å²) < 4.78 is 58.6. The molecule has 4 bridgehead atoms. The van der Waals surface area contributed by atoms with E-state index < -0.39 is 88.9 Å². The van der Waals surface area contributed by atoms with Gasteiger partial charge in [-0.2, -0.15) is 13.2 Å². The number of methoxy groups -OCH3 is 1. The van der Waals surface area contributed by atoms with Crippen molar-refractivity contribution in [3.63, 3.8) is 0 Å². The number of ether oxygens (including phenoxy) is 3. The van der Waals surface area contributed by atoms with Gasteiger partial charge in [0.2, 0.25) is 11.8 Å². The molecule has 0 saturated carbocycles. The Kier molecular flexibility index (Phi) is 12.5. The van der Waals surface area contributed by atoms with Crippen molar-refractivity contribution in [1.29, 1.82) is 0 Å². The molecule has 4 aliphatic heterocycles. The van der Waals surface area contributed by atoms with E-state index in [4.69, 9.17) is 32.7 Å². The fourth-order valence-corrected chi connectivity index (χ4v) is 7.35. The first-order valence-corrected chi connectivity index (χ1v) is 18.5. The minimum Gasteiger partial charge on any atom is -0.491 e. The van der Waals surface area contributed by atoms with Gasteiger partial charge in [0.05, 0.1) is 30.2 Å². The number of amides is 5. The van der Waals surface area contributed by atoms with E-state index in [1.165, 1.54) is 47.2 Å². The molecule has 2 fully saturated rings. The van der Waals surface area contributed by atoms with Gasteiger partial charge < -0.3 is 34.6 Å². The minimum atomic E-state index is -4.94. The van der Waals surface area contributed by atoms with Crippen molar-refractivity contribution in [2.75, 3.05) is 44.8 Å². The van der Waals surface area contributed by atoms with Gasteiger partial charge in [-0.3, -0.25) is 28.9 Å². The molecular weight excluding hydrogens is 798 g/mol. The van der Waals surface area contributed by atoms with Gasteiger partial charge in [-0.15, -0.1) is 0 Å². The molecule has 302 valence electrons. The highest BCUT2D eigenvalue weighted by molar-refractivity contribution is 6.31. The maximum atomic E-state index is 14.2. The Morgan fingerprint density at radius 2 is 1.74 bits per heavy atom. The van der Waals surface area contributed by atoms with Gasteiger partial charge >= 0.3 is 18.2 Å². The number of fused-ring (bicyclic) bond motifs is 7. The second-order valence-corrected chi connectivity index (χ2v) is 14.3. The van der Waals surface area contributed by atoms with Crippen LogP contribution < -0.4 is 20.3 Å². The number of anilines is 1. The highest BCUT2D eigenvalue weighted by Crippen LogP contribution is 2.38. The number of halogens is 5. The molecule has 0 unspecified atom stereocenters. The molecule has 57 heavy (non-hydrogen) atoms. The topological polar surface area (TPSA) is 164 Å². The van der Waals surface area contributed by atoms with E-state index in [1.54, 1.807) is 18.2 Å². The second kappa shape index (κ2) is 17.3. The van der Waals surface area contributed by atoms with E-state index in [2.05, 4.69) is 15.4 Å². The lowest BCUT2D eigenvalue weighted by Gasteiger charge is -2.31. The van der Waals surface area contributed by atoms with Crippen LogP contribution in [-0.2, 0) is 30.0 Å². The number of carbonyl (C=O) groups is 6. The summed E-state index contributed by atoms with van der Waals surface area (Å²) in [5.74, 6) is -2.87. The highest BCUT2D eigenvalue weighted by atomic mass is 35.5. The van der Waals surface area contributed by atoms with Crippen LogP contribution in [-0.4, -0.2) is 110 Å². The minimum absolute atomic E-state index is 0.0602. The summed E-state index contributed by atoms with van der Waals surface area (Å²) >= 11 is 12.0. The van der Waals surface area contributed by atoms with Gasteiger partial charge in [-0.05, 0) is 67.1 Å². The molecule has 0 spiro atoms. The third-order valence-electron chi connectivity index (χ3n) is 9.76. The van der Waals surface area contributed by atoms with Crippen LogP contribution in [0.2, 0.25) is 10.0 Å². The number of nitrogens with one attached hydrogen (secondary N) is 2. The van der Waals surface area contributed by atoms with E-state index in [0.29, 0.717) is 21.7 Å². The Bertz CT molecular complexity index is 2050. The van der Waals surface area contributed by atoms with Crippen LogP contribution in [0.25, 0.3) is 0 Å². The Morgan fingerprint density at radius 3 is 2.44 bits per heavy atom. The van der Waals surface area contributed by atoms with Gasteiger partial charge in [0.15, 0.2) is 0 Å². The lowest BCUT2D eigenvalue weighted by Crippen LogP contribution is -2.52. The molecule has 14 nitrogen and oxygen atoms in total. The zero-order valence-corrected chi connectivity index (χ0v) is 31.7. The Balaban J connectivity index is 1.35. The lowest BCUT2D eigenvalue weighted by molar-refractivity contribution is -0.140. The maximum Gasteiger partial charge on any atom is 0.417 e. The number of rotatable bonds is 7. The predicted octanol–water partition coefficient (Wildman–Crippen LogP) is 4.71. The zero-order chi connectivity index (χ0) is 41.0. The van der Waals surface area contributed by atoms with Crippen LogP contribution in [0.4, 0.5) is 23.7 Å². The van der Waals surface area contributed by atoms with E-state index >= 15 is 0 Å². The smallest absolute Gasteiger partial charge is 0.417 e. The molecule has 3 aromatic carbocycles. The van der Waals surface area contributed by atoms with Crippen LogP contribution >= 0.6 is 23.2 Å². The number of esters is 1. The number of hydrogen-bond donors (Lipinski definition) is 2. The standard InChI is InChI=1S/C38H36Cl2F3N5O9/c1-55-32(50)11-13-44-35(52)33-30-12-14-46(33)36(53)21-5-8-27(9-6-21)56-20-26-16-24(45-34(51)22-3-2-4-23(39)15-22)18-47(26)31(49)19-48(37(54)57-30)25-7-10-29(40)28(17-25)38(41,42)43/h2-10,15,17,24,26,30,33H,11-14,16,18-20H2,1H3,(H,44,52)(H,45,51)/t24-,26+,30+,33+/m1/s1. The molecule has 4 atom stereocenters. The fraction of sp³-hybridized carbons (Fsp3) is 0.368. The first kappa shape index (κ1) is 41.1. The number of hydrogen-bond acceptors (Lipinski definition) is 9. The molecule has 3 aromatic rings. The average Bonchev–Trinajstić information content (AvgIpc) is 3.79. The van der Waals surface area contributed by atoms with Crippen molar-refractivity contribution >= 4 is 64.6 Å². The van der Waals surface area contributed by atoms with Crippen molar-refractivity contribution < 1.29 is 56.1 Å². The molecule has 0 aliphatic carbocycles. The lowest BCUT2D eigenvalue weighted by atomic mass is 10.1. The Morgan fingerprint density at radius 1 is 0.982 bits per heavy atom. The first-order valence-electron chi connectivity index (χ1n) is 17.7. The SMILES string of the molecule is COC(=O)CCNC(=O)[C@@H]1[C@@H]2CCN1C(=O)c1ccc(cc1)OC[C@@H]1C[C@@H](NC(=O)c3cccc(Cl)c3)CN1C(=O)CN(c1ccc(Cl)c(C(F)(F)F)c1)C(=O)O2. The largest absolute Gasteiger partial charge is 0.491 e. The summed E-state index contributed by atoms with van der Waals surface area (Å²) in [7, 11) is 1.17. The fourth-order valence-electron chi connectivity index (χ4n) is 6.93. The summed E-state index contributed by atoms with van der Waals surface area (Å²) in [6, 6.07) is 12.1. The van der Waals surface area contributed by atoms with Crippen LogP contribution in [0, 0.1) is 0 Å². The van der Waals surface area contributed by atoms with Gasteiger partial charge in [-0.1, -0.05) is 29.3 Å². The summed E-state index contributed by atoms with van der Waals surface area (Å²) in [6.45, 7) is -1.26. The quantitative estimate of drug-likeness (QED) is 0.321. The first-order chi connectivity index (χ1) is 27.1. The van der Waals surface area contributed by atoms with Gasteiger partial charge in [-0.25, -0.2) is 4.79 Å². The van der Waals surface area contributed by atoms with Crippen molar-refractivity contribution in [2.24, 2.45) is 0 Å². The van der Waals surface area contributed by atoms with Crippen molar-refractivity contribution in [1.82, 2.24) is 20.4 Å². The molecule has 0 aromatic heterocycles. The van der Waals surface area contributed by atoms with Crippen molar-refractivity contribution in [2.45, 2.75) is 49.7 Å². The average molecular weight is 835 g/mol. The molecule has 0 radical (unpaired) electrons. The van der Waals surface area contributed by atoms with Gasteiger partial charge in [0, 0.05) is 53.9 Å². The molecule has 19 heteroatoms. The number of benzene rings is 3. The normalized spacial score (nSPS) is 21.4. The molecule has 2 saturated heterocycles. The van der Waals surface area contributed by atoms with E-state index in [-0.39, 0.29) is 56.6 Å². The van der Waals surface area contributed by atoms with Crippen LogP contribution in [0.15, 0.2) is 66.7 Å². The molecule has 4 heterocycles. The van der Waals surface area contributed by atoms with E-state index in [0.717, 1.165) is 12.1 Å². The van der Waals surface area contributed by atoms with E-state index in [1.807, 2.05) is 0 Å². The number of nitrogens with zero attached hydrogens (tertiary/aromatic N) is 3. The third-order valence-corrected chi connectivity index (χ3v) is 10.3. The van der Waals surface area contributed by atoms with Gasteiger partial charge in [0.25, 0.3) is 11.8 Å². The van der Waals surface area contributed by atoms with Crippen molar-refractivity contribution in [3.8, 4) is 5.75 Å².